The summed E-state index contributed by atoms with van der Waals surface area (Å²) in [5.41, 5.74) is 1.53. The molecule has 0 spiro atoms. The summed E-state index contributed by atoms with van der Waals surface area (Å²) in [6.45, 7) is 2.60. The van der Waals surface area contributed by atoms with Gasteiger partial charge in [0.1, 0.15) is 11.8 Å². The molecule has 0 unspecified atom stereocenters. The number of hydrogen-bond donors (Lipinski definition) is 3. The van der Waals surface area contributed by atoms with Crippen molar-refractivity contribution in [1.29, 1.82) is 0 Å². The minimum absolute atomic E-state index is 0.0711. The summed E-state index contributed by atoms with van der Waals surface area (Å²) in [4.78, 5) is 18.4. The minimum atomic E-state index is 0.0711. The van der Waals surface area contributed by atoms with Crippen LogP contribution in [0.15, 0.2) is 6.33 Å². The van der Waals surface area contributed by atoms with Crippen LogP contribution in [-0.2, 0) is 0 Å². The second-order valence-electron chi connectivity index (χ2n) is 4.68. The Morgan fingerprint density at radius 1 is 1.26 bits per heavy atom. The Morgan fingerprint density at radius 3 is 2.89 bits per heavy atom. The maximum absolute atomic E-state index is 8.82. The van der Waals surface area contributed by atoms with Gasteiger partial charge in [0, 0.05) is 19.6 Å². The molecule has 0 radical (unpaired) electrons. The SMILES string of the molecule is OCCNc1nc2ncnc(N3CCCCC3)c2[nH]1. The van der Waals surface area contributed by atoms with E-state index in [4.69, 9.17) is 5.11 Å². The molecule has 1 fully saturated rings. The van der Waals surface area contributed by atoms with E-state index in [2.05, 4.69) is 30.2 Å². The number of hydrogen-bond acceptors (Lipinski definition) is 6. The zero-order valence-corrected chi connectivity index (χ0v) is 10.8. The van der Waals surface area contributed by atoms with Crippen LogP contribution in [-0.4, -0.2) is 51.3 Å². The number of nitrogens with zero attached hydrogens (tertiary/aromatic N) is 4. The van der Waals surface area contributed by atoms with Gasteiger partial charge in [0.2, 0.25) is 5.95 Å². The number of fused-ring (bicyclic) bond motifs is 1. The molecule has 102 valence electrons. The molecule has 19 heavy (non-hydrogen) atoms. The van der Waals surface area contributed by atoms with Crippen molar-refractivity contribution < 1.29 is 5.11 Å². The Kier molecular flexibility index (Phi) is 3.45. The third-order valence-corrected chi connectivity index (χ3v) is 3.33. The van der Waals surface area contributed by atoms with Crippen molar-refractivity contribution in [3.63, 3.8) is 0 Å². The highest BCUT2D eigenvalue weighted by atomic mass is 16.3. The number of aliphatic hydroxyl groups is 1. The van der Waals surface area contributed by atoms with Crippen LogP contribution in [0.2, 0.25) is 0 Å². The number of piperidine rings is 1. The van der Waals surface area contributed by atoms with Crippen LogP contribution in [0.3, 0.4) is 0 Å². The van der Waals surface area contributed by atoms with Crippen LogP contribution >= 0.6 is 0 Å². The molecular weight excluding hydrogens is 244 g/mol. The van der Waals surface area contributed by atoms with Gasteiger partial charge < -0.3 is 20.3 Å². The van der Waals surface area contributed by atoms with Gasteiger partial charge in [-0.1, -0.05) is 0 Å². The molecule has 3 rings (SSSR count). The normalized spacial score (nSPS) is 15.9. The molecule has 3 heterocycles. The molecule has 1 aliphatic heterocycles. The molecule has 0 bridgehead atoms. The van der Waals surface area contributed by atoms with Crippen LogP contribution in [0.25, 0.3) is 11.2 Å². The average Bonchev–Trinajstić information content (AvgIpc) is 2.88. The fourth-order valence-electron chi connectivity index (χ4n) is 2.42. The Balaban J connectivity index is 1.92. The Bertz CT molecular complexity index is 548. The maximum atomic E-state index is 8.82. The molecule has 7 nitrogen and oxygen atoms in total. The molecule has 1 aliphatic rings. The molecule has 0 aliphatic carbocycles. The zero-order valence-electron chi connectivity index (χ0n) is 10.8. The van der Waals surface area contributed by atoms with E-state index in [0.29, 0.717) is 18.1 Å². The summed E-state index contributed by atoms with van der Waals surface area (Å²) < 4.78 is 0. The number of aromatic nitrogens is 4. The van der Waals surface area contributed by atoms with Gasteiger partial charge in [-0.3, -0.25) is 0 Å². The lowest BCUT2D eigenvalue weighted by Gasteiger charge is -2.27. The first-order chi connectivity index (χ1) is 9.38. The fourth-order valence-corrected chi connectivity index (χ4v) is 2.42. The van der Waals surface area contributed by atoms with E-state index in [9.17, 15) is 0 Å². The summed E-state index contributed by atoms with van der Waals surface area (Å²) in [6.07, 6.45) is 5.25. The number of H-pyrrole nitrogens is 1. The van der Waals surface area contributed by atoms with Crippen LogP contribution < -0.4 is 10.2 Å². The van der Waals surface area contributed by atoms with Gasteiger partial charge in [-0.05, 0) is 19.3 Å². The average molecular weight is 262 g/mol. The first-order valence-corrected chi connectivity index (χ1v) is 6.69. The van der Waals surface area contributed by atoms with Crippen molar-refractivity contribution >= 4 is 22.9 Å². The van der Waals surface area contributed by atoms with Crippen LogP contribution in [0.4, 0.5) is 11.8 Å². The minimum Gasteiger partial charge on any atom is -0.395 e. The van der Waals surface area contributed by atoms with Crippen molar-refractivity contribution in [2.24, 2.45) is 0 Å². The first-order valence-electron chi connectivity index (χ1n) is 6.69. The topological polar surface area (TPSA) is 90.0 Å². The van der Waals surface area contributed by atoms with Gasteiger partial charge >= 0.3 is 0 Å². The van der Waals surface area contributed by atoms with Crippen LogP contribution in [0.5, 0.6) is 0 Å². The quantitative estimate of drug-likeness (QED) is 0.753. The first kappa shape index (κ1) is 12.2. The molecule has 0 atom stereocenters. The van der Waals surface area contributed by atoms with E-state index in [-0.39, 0.29) is 6.61 Å². The lowest BCUT2D eigenvalue weighted by atomic mass is 10.1. The van der Waals surface area contributed by atoms with Gasteiger partial charge in [0.05, 0.1) is 6.61 Å². The Morgan fingerprint density at radius 2 is 2.11 bits per heavy atom. The van der Waals surface area contributed by atoms with E-state index in [1.165, 1.54) is 19.3 Å². The van der Waals surface area contributed by atoms with Crippen molar-refractivity contribution in [3.05, 3.63) is 6.33 Å². The molecule has 1 saturated heterocycles. The highest BCUT2D eigenvalue weighted by Gasteiger charge is 2.17. The van der Waals surface area contributed by atoms with Crippen molar-refractivity contribution in [3.8, 4) is 0 Å². The van der Waals surface area contributed by atoms with Gasteiger partial charge in [0.15, 0.2) is 11.5 Å². The van der Waals surface area contributed by atoms with Gasteiger partial charge in [0.25, 0.3) is 0 Å². The molecule has 0 saturated carbocycles. The van der Waals surface area contributed by atoms with Crippen LogP contribution in [0, 0.1) is 0 Å². The van der Waals surface area contributed by atoms with Gasteiger partial charge in [-0.25, -0.2) is 9.97 Å². The highest BCUT2D eigenvalue weighted by Crippen LogP contribution is 2.24. The summed E-state index contributed by atoms with van der Waals surface area (Å²) >= 11 is 0. The summed E-state index contributed by atoms with van der Waals surface area (Å²) in [5.74, 6) is 1.55. The standard InChI is InChI=1S/C12H18N6O/c19-7-4-13-12-16-9-10(17-12)14-8-15-11(9)18-5-2-1-3-6-18/h8,19H,1-7H2,(H2,13,14,15,16,17). The molecule has 2 aromatic heterocycles. The largest absolute Gasteiger partial charge is 0.395 e. The number of rotatable bonds is 4. The fraction of sp³-hybridized carbons (Fsp3) is 0.583. The molecule has 0 amide bonds. The Labute approximate surface area is 111 Å². The lowest BCUT2D eigenvalue weighted by molar-refractivity contribution is 0.311. The van der Waals surface area contributed by atoms with Crippen LogP contribution in [0.1, 0.15) is 19.3 Å². The third kappa shape index (κ3) is 2.46. The van der Waals surface area contributed by atoms with Gasteiger partial charge in [-0.2, -0.15) is 4.98 Å². The molecular formula is C12H18N6O. The van der Waals surface area contributed by atoms with Gasteiger partial charge in [-0.15, -0.1) is 0 Å². The lowest BCUT2D eigenvalue weighted by Crippen LogP contribution is -2.30. The number of anilines is 2. The second-order valence-corrected chi connectivity index (χ2v) is 4.68. The predicted molar refractivity (Wildman–Crippen MR) is 73.3 cm³/mol. The number of nitrogens with one attached hydrogen (secondary N) is 2. The predicted octanol–water partition coefficient (Wildman–Crippen LogP) is 0.747. The zero-order chi connectivity index (χ0) is 13.1. The molecule has 0 aromatic carbocycles. The Hall–Kier alpha value is -1.89. The second kappa shape index (κ2) is 5.40. The monoisotopic (exact) mass is 262 g/mol. The third-order valence-electron chi connectivity index (χ3n) is 3.33. The van der Waals surface area contributed by atoms with Crippen molar-refractivity contribution in [2.75, 3.05) is 36.5 Å². The van der Waals surface area contributed by atoms with E-state index in [1.807, 2.05) is 0 Å². The number of aliphatic hydroxyl groups excluding tert-OH is 1. The van der Waals surface area contributed by atoms with E-state index >= 15 is 0 Å². The maximum Gasteiger partial charge on any atom is 0.202 e. The summed E-state index contributed by atoms with van der Waals surface area (Å²) in [7, 11) is 0. The number of aromatic amines is 1. The molecule has 3 N–H and O–H groups in total. The van der Waals surface area contributed by atoms with Crippen molar-refractivity contribution in [1.82, 2.24) is 19.9 Å². The summed E-state index contributed by atoms with van der Waals surface area (Å²) in [5, 5.41) is 11.8. The highest BCUT2D eigenvalue weighted by molar-refractivity contribution is 5.84. The summed E-state index contributed by atoms with van der Waals surface area (Å²) in [6, 6.07) is 0. The van der Waals surface area contributed by atoms with E-state index in [1.54, 1.807) is 6.33 Å². The van der Waals surface area contributed by atoms with E-state index in [0.717, 1.165) is 24.4 Å². The van der Waals surface area contributed by atoms with Crippen molar-refractivity contribution in [2.45, 2.75) is 19.3 Å². The van der Waals surface area contributed by atoms with E-state index < -0.39 is 0 Å². The smallest absolute Gasteiger partial charge is 0.202 e. The molecule has 2 aromatic rings. The number of imidazole rings is 1. The molecule has 7 heteroatoms.